The van der Waals surface area contributed by atoms with Crippen LogP contribution in [0.2, 0.25) is 0 Å². The van der Waals surface area contributed by atoms with Crippen LogP contribution in [-0.2, 0) is 22.4 Å². The van der Waals surface area contributed by atoms with E-state index in [-0.39, 0.29) is 30.5 Å². The maximum absolute atomic E-state index is 14.0. The Morgan fingerprint density at radius 1 is 1.08 bits per heavy atom. The third-order valence-electron chi connectivity index (χ3n) is 5.29. The van der Waals surface area contributed by atoms with Gasteiger partial charge in [-0.15, -0.1) is 0 Å². The number of hydrogen-bond donors (Lipinski definition) is 1. The zero-order valence-electron chi connectivity index (χ0n) is 14.5. The van der Waals surface area contributed by atoms with Crippen molar-refractivity contribution in [2.24, 2.45) is 5.92 Å². The van der Waals surface area contributed by atoms with Crippen molar-refractivity contribution in [3.05, 3.63) is 59.4 Å². The third-order valence-corrected chi connectivity index (χ3v) is 5.29. The first kappa shape index (κ1) is 16.8. The summed E-state index contributed by atoms with van der Waals surface area (Å²) in [5, 5.41) is 3.01. The molecule has 1 unspecified atom stereocenters. The van der Waals surface area contributed by atoms with Gasteiger partial charge in [0, 0.05) is 18.7 Å². The van der Waals surface area contributed by atoms with Crippen LogP contribution in [0, 0.1) is 11.7 Å². The van der Waals surface area contributed by atoms with E-state index in [0.29, 0.717) is 0 Å². The van der Waals surface area contributed by atoms with Crippen molar-refractivity contribution in [3.63, 3.8) is 0 Å². The normalized spacial score (nSPS) is 19.3. The number of aryl methyl sites for hydroxylation is 1. The predicted molar refractivity (Wildman–Crippen MR) is 98.6 cm³/mol. The van der Waals surface area contributed by atoms with Crippen molar-refractivity contribution >= 4 is 23.2 Å². The lowest BCUT2D eigenvalue weighted by Crippen LogP contribution is -2.29. The number of anilines is 2. The molecule has 4 rings (SSSR count). The minimum atomic E-state index is -0.471. The lowest BCUT2D eigenvalue weighted by molar-refractivity contribution is -0.122. The number of para-hydroxylation sites is 1. The van der Waals surface area contributed by atoms with E-state index < -0.39 is 11.7 Å². The van der Waals surface area contributed by atoms with E-state index >= 15 is 0 Å². The van der Waals surface area contributed by atoms with Crippen LogP contribution in [0.5, 0.6) is 0 Å². The van der Waals surface area contributed by atoms with Gasteiger partial charge in [-0.2, -0.15) is 0 Å². The molecule has 2 aromatic carbocycles. The van der Waals surface area contributed by atoms with Crippen LogP contribution in [-0.4, -0.2) is 18.4 Å². The number of benzene rings is 2. The van der Waals surface area contributed by atoms with Crippen LogP contribution in [0.25, 0.3) is 0 Å². The lowest BCUT2D eigenvalue weighted by atomic mass is 9.90. The van der Waals surface area contributed by atoms with Gasteiger partial charge in [0.05, 0.1) is 11.6 Å². The molecule has 1 atom stereocenters. The summed E-state index contributed by atoms with van der Waals surface area (Å²) >= 11 is 0. The molecule has 2 aromatic rings. The van der Waals surface area contributed by atoms with Crippen LogP contribution in [0.4, 0.5) is 15.8 Å². The molecule has 0 radical (unpaired) electrons. The summed E-state index contributed by atoms with van der Waals surface area (Å²) in [4.78, 5) is 26.4. The molecule has 1 heterocycles. The van der Waals surface area contributed by atoms with Crippen LogP contribution in [0.15, 0.2) is 42.5 Å². The zero-order valence-corrected chi connectivity index (χ0v) is 14.5. The van der Waals surface area contributed by atoms with E-state index in [1.807, 2.05) is 12.1 Å². The molecule has 0 aromatic heterocycles. The summed E-state index contributed by atoms with van der Waals surface area (Å²) in [6, 6.07) is 12.2. The van der Waals surface area contributed by atoms with E-state index in [1.165, 1.54) is 28.5 Å². The molecule has 0 saturated carbocycles. The Kier molecular flexibility index (Phi) is 4.45. The van der Waals surface area contributed by atoms with Gasteiger partial charge in [0.1, 0.15) is 5.82 Å². The van der Waals surface area contributed by atoms with Crippen molar-refractivity contribution in [2.75, 3.05) is 16.8 Å². The number of halogens is 1. The Morgan fingerprint density at radius 3 is 2.73 bits per heavy atom. The summed E-state index contributed by atoms with van der Waals surface area (Å²) in [5.74, 6) is -1.30. The van der Waals surface area contributed by atoms with E-state index in [1.54, 1.807) is 18.2 Å². The summed E-state index contributed by atoms with van der Waals surface area (Å²) in [7, 11) is 0. The molecule has 1 fully saturated rings. The first-order chi connectivity index (χ1) is 12.6. The Bertz CT molecular complexity index is 865. The summed E-state index contributed by atoms with van der Waals surface area (Å²) < 4.78 is 14.0. The Labute approximate surface area is 152 Å². The van der Waals surface area contributed by atoms with Gasteiger partial charge in [0.15, 0.2) is 0 Å². The first-order valence-corrected chi connectivity index (χ1v) is 9.10. The molecule has 26 heavy (non-hydrogen) atoms. The van der Waals surface area contributed by atoms with E-state index in [4.69, 9.17) is 0 Å². The highest BCUT2D eigenvalue weighted by molar-refractivity contribution is 6.03. The van der Waals surface area contributed by atoms with E-state index in [2.05, 4.69) is 11.4 Å². The van der Waals surface area contributed by atoms with Crippen molar-refractivity contribution < 1.29 is 14.0 Å². The Hall–Kier alpha value is -2.69. The van der Waals surface area contributed by atoms with Gasteiger partial charge in [-0.05, 0) is 55.0 Å². The first-order valence-electron chi connectivity index (χ1n) is 9.10. The van der Waals surface area contributed by atoms with E-state index in [0.717, 1.165) is 24.9 Å². The quantitative estimate of drug-likeness (QED) is 0.916. The van der Waals surface area contributed by atoms with Gasteiger partial charge in [-0.3, -0.25) is 9.59 Å². The number of carbonyl (C=O) groups excluding carboxylic acids is 2. The highest BCUT2D eigenvalue weighted by atomic mass is 19.1. The van der Waals surface area contributed by atoms with Crippen molar-refractivity contribution in [1.29, 1.82) is 0 Å². The predicted octanol–water partition coefficient (Wildman–Crippen LogP) is 3.70. The highest BCUT2D eigenvalue weighted by Gasteiger charge is 2.36. The average Bonchev–Trinajstić information content (AvgIpc) is 3.04. The average molecular weight is 352 g/mol. The molecule has 0 spiro atoms. The molecule has 1 saturated heterocycles. The van der Waals surface area contributed by atoms with Gasteiger partial charge in [-0.1, -0.05) is 24.3 Å². The standard InChI is InChI=1S/C21H21FN2O2/c22-17-9-3-4-11-19(17)24-13-15(12-20(24)25)21(26)23-18-10-5-7-14-6-1-2-8-16(14)18/h3-5,7,9-11,15H,1-2,6,8,12-13H2,(H,23,26). The van der Waals surface area contributed by atoms with Crippen molar-refractivity contribution in [1.82, 2.24) is 0 Å². The fourth-order valence-electron chi connectivity index (χ4n) is 3.92. The van der Waals surface area contributed by atoms with Gasteiger partial charge >= 0.3 is 0 Å². The molecular weight excluding hydrogens is 331 g/mol. The number of hydrogen-bond acceptors (Lipinski definition) is 2. The second-order valence-corrected chi connectivity index (χ2v) is 7.00. The number of fused-ring (bicyclic) bond motifs is 1. The molecule has 1 aliphatic heterocycles. The van der Waals surface area contributed by atoms with Crippen LogP contribution in [0.1, 0.15) is 30.4 Å². The van der Waals surface area contributed by atoms with Crippen molar-refractivity contribution in [3.8, 4) is 0 Å². The van der Waals surface area contributed by atoms with Gasteiger partial charge in [0.2, 0.25) is 11.8 Å². The van der Waals surface area contributed by atoms with Gasteiger partial charge < -0.3 is 10.2 Å². The number of amides is 2. The summed E-state index contributed by atoms with van der Waals surface area (Å²) in [6.07, 6.45) is 4.43. The number of carbonyl (C=O) groups is 2. The monoisotopic (exact) mass is 352 g/mol. The highest BCUT2D eigenvalue weighted by Crippen LogP contribution is 2.30. The number of rotatable bonds is 3. The fraction of sp³-hybridized carbons (Fsp3) is 0.333. The Morgan fingerprint density at radius 2 is 1.88 bits per heavy atom. The van der Waals surface area contributed by atoms with Gasteiger partial charge in [-0.25, -0.2) is 4.39 Å². The molecular formula is C21H21FN2O2. The lowest BCUT2D eigenvalue weighted by Gasteiger charge is -2.21. The third kappa shape index (κ3) is 3.09. The number of nitrogens with one attached hydrogen (secondary N) is 1. The topological polar surface area (TPSA) is 49.4 Å². The largest absolute Gasteiger partial charge is 0.326 e. The minimum Gasteiger partial charge on any atom is -0.326 e. The molecule has 134 valence electrons. The molecule has 4 nitrogen and oxygen atoms in total. The van der Waals surface area contributed by atoms with Crippen LogP contribution < -0.4 is 10.2 Å². The zero-order chi connectivity index (χ0) is 18.1. The second-order valence-electron chi connectivity index (χ2n) is 7.00. The summed E-state index contributed by atoms with van der Waals surface area (Å²) in [5.41, 5.74) is 3.60. The van der Waals surface area contributed by atoms with Crippen LogP contribution in [0.3, 0.4) is 0 Å². The number of nitrogens with zero attached hydrogens (tertiary/aromatic N) is 1. The van der Waals surface area contributed by atoms with E-state index in [9.17, 15) is 14.0 Å². The fourth-order valence-corrected chi connectivity index (χ4v) is 3.92. The summed E-state index contributed by atoms with van der Waals surface area (Å²) in [6.45, 7) is 0.209. The molecule has 1 N–H and O–H groups in total. The van der Waals surface area contributed by atoms with Crippen molar-refractivity contribution in [2.45, 2.75) is 32.1 Å². The maximum Gasteiger partial charge on any atom is 0.229 e. The molecule has 1 aliphatic carbocycles. The Balaban J connectivity index is 1.50. The molecule has 0 bridgehead atoms. The second kappa shape index (κ2) is 6.90. The molecule has 5 heteroatoms. The van der Waals surface area contributed by atoms with Crippen LogP contribution >= 0.6 is 0 Å². The smallest absolute Gasteiger partial charge is 0.229 e. The molecule has 2 amide bonds. The molecule has 2 aliphatic rings. The van der Waals surface area contributed by atoms with Gasteiger partial charge in [0.25, 0.3) is 0 Å². The maximum atomic E-state index is 14.0. The SMILES string of the molecule is O=C(Nc1cccc2c1CCCC2)C1CC(=O)N(c2ccccc2F)C1. The minimum absolute atomic E-state index is 0.106.